The number of nitrogens with zero attached hydrogens (tertiary/aromatic N) is 4. The van der Waals surface area contributed by atoms with Crippen molar-refractivity contribution in [2.24, 2.45) is 0 Å². The first-order chi connectivity index (χ1) is 9.49. The Balaban J connectivity index is 2.10. The van der Waals surface area contributed by atoms with Gasteiger partial charge in [-0.3, -0.25) is 0 Å². The van der Waals surface area contributed by atoms with Crippen LogP contribution in [0, 0.1) is 0 Å². The Morgan fingerprint density at radius 2 is 2.20 bits per heavy atom. The summed E-state index contributed by atoms with van der Waals surface area (Å²) in [7, 11) is 0. The summed E-state index contributed by atoms with van der Waals surface area (Å²) in [6, 6.07) is 0.821. The first-order valence-electron chi connectivity index (χ1n) is 5.25. The lowest BCUT2D eigenvalue weighted by atomic mass is 10.4. The van der Waals surface area contributed by atoms with Crippen LogP contribution in [0.4, 0.5) is 18.3 Å². The molecule has 0 aliphatic rings. The van der Waals surface area contributed by atoms with E-state index in [1.54, 1.807) is 6.08 Å². The molecule has 0 fully saturated rings. The molecule has 2 rings (SSSR count). The van der Waals surface area contributed by atoms with Crippen molar-refractivity contribution < 1.29 is 13.2 Å². The molecule has 1 N–H and O–H groups in total. The molecule has 2 aromatic heterocycles. The van der Waals surface area contributed by atoms with E-state index < -0.39 is 11.9 Å². The van der Waals surface area contributed by atoms with Crippen molar-refractivity contribution in [2.75, 3.05) is 11.9 Å². The molecule has 106 valence electrons. The Morgan fingerprint density at radius 1 is 1.40 bits per heavy atom. The number of nitrogens with one attached hydrogen (secondary N) is 1. The second-order valence-corrected chi connectivity index (χ2v) is 5.56. The predicted molar refractivity (Wildman–Crippen MR) is 69.8 cm³/mol. The van der Waals surface area contributed by atoms with Crippen LogP contribution in [-0.2, 0) is 6.18 Å². The first-order valence-corrected chi connectivity index (χ1v) is 6.88. The van der Waals surface area contributed by atoms with Crippen molar-refractivity contribution in [3.05, 3.63) is 30.6 Å². The zero-order valence-electron chi connectivity index (χ0n) is 9.89. The fraction of sp³-hybridized carbons (Fsp3) is 0.200. The van der Waals surface area contributed by atoms with Gasteiger partial charge in [-0.2, -0.15) is 13.2 Å². The summed E-state index contributed by atoms with van der Waals surface area (Å²) >= 11 is 2.13. The van der Waals surface area contributed by atoms with Gasteiger partial charge in [-0.1, -0.05) is 17.4 Å². The summed E-state index contributed by atoms with van der Waals surface area (Å²) in [4.78, 5) is 7.21. The van der Waals surface area contributed by atoms with Crippen LogP contribution in [0.3, 0.4) is 0 Å². The molecule has 20 heavy (non-hydrogen) atoms. The zero-order chi connectivity index (χ0) is 14.6. The molecule has 0 spiro atoms. The van der Waals surface area contributed by atoms with E-state index in [9.17, 15) is 13.2 Å². The number of halogens is 3. The van der Waals surface area contributed by atoms with Crippen LogP contribution < -0.4 is 5.32 Å². The molecule has 0 aliphatic carbocycles. The predicted octanol–water partition coefficient (Wildman–Crippen LogP) is 3.10. The van der Waals surface area contributed by atoms with Gasteiger partial charge < -0.3 is 5.32 Å². The molecule has 0 aliphatic heterocycles. The Labute approximate surface area is 120 Å². The van der Waals surface area contributed by atoms with Gasteiger partial charge >= 0.3 is 6.18 Å². The number of alkyl halides is 3. The monoisotopic (exact) mass is 319 g/mol. The minimum absolute atomic E-state index is 0.0220. The average Bonchev–Trinajstić information content (AvgIpc) is 2.83. The lowest BCUT2D eigenvalue weighted by Crippen LogP contribution is -2.08. The van der Waals surface area contributed by atoms with Crippen molar-refractivity contribution in [3.8, 4) is 0 Å². The third-order valence-corrected chi connectivity index (χ3v) is 3.72. The SMILES string of the molecule is C=CCNc1nnc(Sc2nccc(C(F)(F)F)n2)s1. The van der Waals surface area contributed by atoms with Crippen molar-refractivity contribution in [2.45, 2.75) is 15.7 Å². The van der Waals surface area contributed by atoms with E-state index >= 15 is 0 Å². The number of hydrogen-bond acceptors (Lipinski definition) is 7. The molecule has 0 amide bonds. The number of hydrogen-bond donors (Lipinski definition) is 1. The summed E-state index contributed by atoms with van der Waals surface area (Å²) in [5.41, 5.74) is -0.982. The first kappa shape index (κ1) is 14.7. The molecule has 2 heterocycles. The molecule has 0 aromatic carbocycles. The summed E-state index contributed by atoms with van der Waals surface area (Å²) in [5.74, 6) is 0. The third kappa shape index (κ3) is 3.90. The van der Waals surface area contributed by atoms with Gasteiger partial charge in [0, 0.05) is 12.7 Å². The highest BCUT2D eigenvalue weighted by atomic mass is 32.2. The van der Waals surface area contributed by atoms with Crippen molar-refractivity contribution in [3.63, 3.8) is 0 Å². The van der Waals surface area contributed by atoms with Crippen LogP contribution >= 0.6 is 23.1 Å². The van der Waals surface area contributed by atoms with Crippen LogP contribution in [0.5, 0.6) is 0 Å². The molecule has 0 saturated carbocycles. The van der Waals surface area contributed by atoms with Crippen molar-refractivity contribution in [1.29, 1.82) is 0 Å². The van der Waals surface area contributed by atoms with E-state index in [0.717, 1.165) is 24.0 Å². The summed E-state index contributed by atoms with van der Waals surface area (Å²) < 4.78 is 38.0. The van der Waals surface area contributed by atoms with Gasteiger partial charge in [-0.15, -0.1) is 16.8 Å². The minimum Gasteiger partial charge on any atom is -0.357 e. The van der Waals surface area contributed by atoms with E-state index in [2.05, 4.69) is 32.1 Å². The fourth-order valence-electron chi connectivity index (χ4n) is 1.11. The number of rotatable bonds is 5. The summed E-state index contributed by atoms with van der Waals surface area (Å²) in [6.45, 7) is 4.07. The molecular formula is C10H8F3N5S2. The number of anilines is 1. The second kappa shape index (κ2) is 6.18. The van der Waals surface area contributed by atoms with E-state index in [0.29, 0.717) is 16.0 Å². The molecule has 0 atom stereocenters. The van der Waals surface area contributed by atoms with Crippen molar-refractivity contribution >= 4 is 28.2 Å². The molecule has 0 radical (unpaired) electrons. The third-order valence-electron chi connectivity index (χ3n) is 1.91. The normalized spacial score (nSPS) is 11.3. The maximum Gasteiger partial charge on any atom is 0.433 e. The maximum absolute atomic E-state index is 12.5. The molecule has 2 aromatic rings. The average molecular weight is 319 g/mol. The Kier molecular flexibility index (Phi) is 4.55. The second-order valence-electron chi connectivity index (χ2n) is 3.37. The smallest absolute Gasteiger partial charge is 0.357 e. The summed E-state index contributed by atoms with van der Waals surface area (Å²) in [5, 5.41) is 11.1. The van der Waals surface area contributed by atoms with E-state index in [4.69, 9.17) is 0 Å². The molecule has 0 bridgehead atoms. The van der Waals surface area contributed by atoms with Gasteiger partial charge in [-0.05, 0) is 17.8 Å². The molecule has 0 unspecified atom stereocenters. The Morgan fingerprint density at radius 3 is 2.90 bits per heavy atom. The summed E-state index contributed by atoms with van der Waals surface area (Å²) in [6.07, 6.45) is -1.77. The fourth-order valence-corrected chi connectivity index (χ4v) is 2.71. The van der Waals surface area contributed by atoms with Gasteiger partial charge in [-0.25, -0.2) is 9.97 Å². The Hall–Kier alpha value is -1.68. The highest BCUT2D eigenvalue weighted by Gasteiger charge is 2.32. The molecule has 5 nitrogen and oxygen atoms in total. The van der Waals surface area contributed by atoms with Crippen molar-refractivity contribution in [1.82, 2.24) is 20.2 Å². The van der Waals surface area contributed by atoms with Gasteiger partial charge in [0.05, 0.1) is 0 Å². The standard InChI is InChI=1S/C10H8F3N5S2/c1-2-4-14-8-17-18-9(20-8)19-7-15-5-3-6(16-7)10(11,12)13/h2-3,5H,1,4H2,(H,14,17). The Bertz CT molecular complexity index is 599. The van der Waals surface area contributed by atoms with Gasteiger partial charge in [0.1, 0.15) is 5.69 Å². The van der Waals surface area contributed by atoms with Gasteiger partial charge in [0.2, 0.25) is 5.13 Å². The highest BCUT2D eigenvalue weighted by Crippen LogP contribution is 2.32. The van der Waals surface area contributed by atoms with Crippen LogP contribution in [0.25, 0.3) is 0 Å². The highest BCUT2D eigenvalue weighted by molar-refractivity contribution is 8.00. The van der Waals surface area contributed by atoms with E-state index in [1.165, 1.54) is 11.3 Å². The largest absolute Gasteiger partial charge is 0.433 e. The topological polar surface area (TPSA) is 63.6 Å². The van der Waals surface area contributed by atoms with Crippen LogP contribution in [0.15, 0.2) is 34.4 Å². The van der Waals surface area contributed by atoms with Crippen LogP contribution in [0.2, 0.25) is 0 Å². The van der Waals surface area contributed by atoms with Crippen LogP contribution in [0.1, 0.15) is 5.69 Å². The van der Waals surface area contributed by atoms with Gasteiger partial charge in [0.15, 0.2) is 9.50 Å². The maximum atomic E-state index is 12.5. The van der Waals surface area contributed by atoms with E-state index in [-0.39, 0.29) is 5.16 Å². The van der Waals surface area contributed by atoms with Crippen LogP contribution in [-0.4, -0.2) is 26.7 Å². The number of aromatic nitrogens is 4. The zero-order valence-corrected chi connectivity index (χ0v) is 11.5. The lowest BCUT2D eigenvalue weighted by Gasteiger charge is -2.05. The quantitative estimate of drug-likeness (QED) is 0.675. The molecular weight excluding hydrogens is 311 g/mol. The lowest BCUT2D eigenvalue weighted by molar-refractivity contribution is -0.141. The minimum atomic E-state index is -4.49. The van der Waals surface area contributed by atoms with E-state index in [1.807, 2.05) is 0 Å². The van der Waals surface area contributed by atoms with Gasteiger partial charge in [0.25, 0.3) is 0 Å². The molecule has 10 heteroatoms. The molecule has 0 saturated heterocycles.